The van der Waals surface area contributed by atoms with E-state index in [4.69, 9.17) is 0 Å². The van der Waals surface area contributed by atoms with E-state index < -0.39 is 0 Å². The van der Waals surface area contributed by atoms with Gasteiger partial charge in [-0.15, -0.1) is 11.3 Å². The van der Waals surface area contributed by atoms with Crippen LogP contribution in [-0.4, -0.2) is 34.2 Å². The number of thiazole rings is 1. The number of aliphatic hydroxyl groups is 1. The molecule has 0 spiro atoms. The van der Waals surface area contributed by atoms with E-state index in [1.54, 1.807) is 11.3 Å². The van der Waals surface area contributed by atoms with Crippen molar-refractivity contribution >= 4 is 11.3 Å². The highest BCUT2D eigenvalue weighted by molar-refractivity contribution is 7.09. The minimum Gasteiger partial charge on any atom is -0.395 e. The Morgan fingerprint density at radius 3 is 3.06 bits per heavy atom. The third-order valence-corrected chi connectivity index (χ3v) is 4.33. The lowest BCUT2D eigenvalue weighted by Gasteiger charge is -2.21. The van der Waals surface area contributed by atoms with Crippen LogP contribution in [0.3, 0.4) is 0 Å². The fourth-order valence-electron chi connectivity index (χ4n) is 2.18. The Labute approximate surface area is 101 Å². The van der Waals surface area contributed by atoms with Crippen molar-refractivity contribution in [2.45, 2.75) is 45.2 Å². The van der Waals surface area contributed by atoms with Gasteiger partial charge in [0, 0.05) is 23.9 Å². The molecule has 1 fully saturated rings. The van der Waals surface area contributed by atoms with Crippen molar-refractivity contribution in [1.82, 2.24) is 9.88 Å². The first-order valence-electron chi connectivity index (χ1n) is 6.00. The second-order valence-electron chi connectivity index (χ2n) is 4.78. The van der Waals surface area contributed by atoms with Crippen LogP contribution in [0.15, 0.2) is 5.38 Å². The Bertz CT molecular complexity index is 338. The van der Waals surface area contributed by atoms with E-state index in [9.17, 15) is 5.11 Å². The Morgan fingerprint density at radius 2 is 2.44 bits per heavy atom. The summed E-state index contributed by atoms with van der Waals surface area (Å²) < 4.78 is 0. The van der Waals surface area contributed by atoms with Gasteiger partial charge in [0.15, 0.2) is 0 Å². The molecule has 0 radical (unpaired) electrons. The summed E-state index contributed by atoms with van der Waals surface area (Å²) in [6.07, 6.45) is 2.32. The van der Waals surface area contributed by atoms with E-state index in [1.807, 2.05) is 0 Å². The number of hydrogen-bond donors (Lipinski definition) is 1. The van der Waals surface area contributed by atoms with E-state index in [0.29, 0.717) is 12.0 Å². The van der Waals surface area contributed by atoms with Gasteiger partial charge in [0.2, 0.25) is 0 Å². The average Bonchev–Trinajstić information content (AvgIpc) is 2.87. The molecular weight excluding hydrogens is 220 g/mol. The molecule has 1 aromatic rings. The summed E-state index contributed by atoms with van der Waals surface area (Å²) in [6.45, 7) is 6.62. The molecule has 3 nitrogen and oxygen atoms in total. The molecule has 1 atom stereocenters. The second kappa shape index (κ2) is 5.25. The maximum atomic E-state index is 9.25. The van der Waals surface area contributed by atoms with E-state index in [-0.39, 0.29) is 6.61 Å². The molecule has 90 valence electrons. The van der Waals surface area contributed by atoms with Gasteiger partial charge in [0.05, 0.1) is 17.3 Å². The molecule has 1 aliphatic heterocycles. The summed E-state index contributed by atoms with van der Waals surface area (Å²) in [5.74, 6) is 0.519. The lowest BCUT2D eigenvalue weighted by molar-refractivity contribution is 0.152. The molecule has 2 heterocycles. The standard InChI is InChI=1S/C12H20N2OS/c1-9(2)12-13-10(8-16-12)6-14-5-3-4-11(14)7-15/h8-9,11,15H,3-7H2,1-2H3. The summed E-state index contributed by atoms with van der Waals surface area (Å²) in [5.41, 5.74) is 1.16. The fraction of sp³-hybridized carbons (Fsp3) is 0.750. The van der Waals surface area contributed by atoms with Gasteiger partial charge in [0.25, 0.3) is 0 Å². The molecule has 1 aliphatic rings. The SMILES string of the molecule is CC(C)c1nc(CN2CCCC2CO)cs1. The van der Waals surface area contributed by atoms with Crippen molar-refractivity contribution in [3.8, 4) is 0 Å². The van der Waals surface area contributed by atoms with E-state index in [2.05, 4.69) is 29.1 Å². The van der Waals surface area contributed by atoms with Crippen LogP contribution in [0.25, 0.3) is 0 Å². The van der Waals surface area contributed by atoms with Crippen LogP contribution in [0, 0.1) is 0 Å². The van der Waals surface area contributed by atoms with Crippen LogP contribution < -0.4 is 0 Å². The number of aliphatic hydroxyl groups excluding tert-OH is 1. The zero-order chi connectivity index (χ0) is 11.5. The minimum absolute atomic E-state index is 0.279. The van der Waals surface area contributed by atoms with Crippen molar-refractivity contribution in [2.75, 3.05) is 13.2 Å². The smallest absolute Gasteiger partial charge is 0.0954 e. The summed E-state index contributed by atoms with van der Waals surface area (Å²) in [4.78, 5) is 6.98. The predicted octanol–water partition coefficient (Wildman–Crippen LogP) is 2.22. The number of aromatic nitrogens is 1. The van der Waals surface area contributed by atoms with E-state index in [1.165, 1.54) is 11.4 Å². The molecule has 2 rings (SSSR count). The summed E-state index contributed by atoms with van der Waals surface area (Å²) in [6, 6.07) is 0.351. The Kier molecular flexibility index (Phi) is 3.95. The molecule has 16 heavy (non-hydrogen) atoms. The van der Waals surface area contributed by atoms with Gasteiger partial charge in [-0.1, -0.05) is 13.8 Å². The van der Waals surface area contributed by atoms with E-state index in [0.717, 1.165) is 25.2 Å². The highest BCUT2D eigenvalue weighted by Crippen LogP contribution is 2.23. The van der Waals surface area contributed by atoms with Crippen molar-refractivity contribution in [2.24, 2.45) is 0 Å². The largest absolute Gasteiger partial charge is 0.395 e. The molecule has 0 bridgehead atoms. The van der Waals surface area contributed by atoms with Crippen LogP contribution in [0.4, 0.5) is 0 Å². The summed E-state index contributed by atoms with van der Waals surface area (Å²) >= 11 is 1.75. The number of hydrogen-bond acceptors (Lipinski definition) is 4. The maximum Gasteiger partial charge on any atom is 0.0954 e. The maximum absolute atomic E-state index is 9.25. The highest BCUT2D eigenvalue weighted by atomic mass is 32.1. The lowest BCUT2D eigenvalue weighted by Crippen LogP contribution is -2.31. The lowest BCUT2D eigenvalue weighted by atomic mass is 10.2. The first-order chi connectivity index (χ1) is 7.70. The molecule has 1 unspecified atom stereocenters. The minimum atomic E-state index is 0.279. The monoisotopic (exact) mass is 240 g/mol. The summed E-state index contributed by atoms with van der Waals surface area (Å²) in [5, 5.41) is 12.6. The Morgan fingerprint density at radius 1 is 1.62 bits per heavy atom. The van der Waals surface area contributed by atoms with Crippen molar-refractivity contribution in [3.05, 3.63) is 16.1 Å². The Hall–Kier alpha value is -0.450. The molecule has 1 aromatic heterocycles. The molecule has 0 saturated carbocycles. The van der Waals surface area contributed by atoms with Gasteiger partial charge in [-0.05, 0) is 19.4 Å². The average molecular weight is 240 g/mol. The normalized spacial score (nSPS) is 22.1. The molecule has 1 N–H and O–H groups in total. The number of nitrogens with zero attached hydrogens (tertiary/aromatic N) is 2. The predicted molar refractivity (Wildman–Crippen MR) is 66.7 cm³/mol. The van der Waals surface area contributed by atoms with Gasteiger partial charge in [-0.3, -0.25) is 4.90 Å². The van der Waals surface area contributed by atoms with Gasteiger partial charge in [0.1, 0.15) is 0 Å². The zero-order valence-electron chi connectivity index (χ0n) is 10.0. The van der Waals surface area contributed by atoms with Gasteiger partial charge in [-0.25, -0.2) is 4.98 Å². The van der Waals surface area contributed by atoms with Crippen LogP contribution in [-0.2, 0) is 6.54 Å². The van der Waals surface area contributed by atoms with Gasteiger partial charge in [-0.2, -0.15) is 0 Å². The molecule has 4 heteroatoms. The first kappa shape index (κ1) is 12.0. The molecular formula is C12H20N2OS. The van der Waals surface area contributed by atoms with Crippen LogP contribution in [0.2, 0.25) is 0 Å². The quantitative estimate of drug-likeness (QED) is 0.876. The van der Waals surface area contributed by atoms with Crippen LogP contribution in [0.5, 0.6) is 0 Å². The van der Waals surface area contributed by atoms with Crippen molar-refractivity contribution < 1.29 is 5.11 Å². The highest BCUT2D eigenvalue weighted by Gasteiger charge is 2.24. The van der Waals surface area contributed by atoms with E-state index >= 15 is 0 Å². The third kappa shape index (κ3) is 2.62. The zero-order valence-corrected chi connectivity index (χ0v) is 10.8. The number of rotatable bonds is 4. The number of likely N-dealkylation sites (tertiary alicyclic amines) is 1. The van der Waals surface area contributed by atoms with Crippen molar-refractivity contribution in [3.63, 3.8) is 0 Å². The van der Waals surface area contributed by atoms with Crippen molar-refractivity contribution in [1.29, 1.82) is 0 Å². The van der Waals surface area contributed by atoms with Crippen LogP contribution in [0.1, 0.15) is 43.3 Å². The van der Waals surface area contributed by atoms with Gasteiger partial charge < -0.3 is 5.11 Å². The molecule has 1 saturated heterocycles. The van der Waals surface area contributed by atoms with Gasteiger partial charge >= 0.3 is 0 Å². The Balaban J connectivity index is 1.97. The topological polar surface area (TPSA) is 36.4 Å². The first-order valence-corrected chi connectivity index (χ1v) is 6.88. The molecule has 0 amide bonds. The second-order valence-corrected chi connectivity index (χ2v) is 5.67. The molecule has 0 aromatic carbocycles. The summed E-state index contributed by atoms with van der Waals surface area (Å²) in [7, 11) is 0. The molecule has 0 aliphatic carbocycles. The van der Waals surface area contributed by atoms with Crippen LogP contribution >= 0.6 is 11.3 Å². The fourth-order valence-corrected chi connectivity index (χ4v) is 3.00. The third-order valence-electron chi connectivity index (χ3n) is 3.14.